The summed E-state index contributed by atoms with van der Waals surface area (Å²) in [7, 11) is 0. The van der Waals surface area contributed by atoms with E-state index >= 15 is 0 Å². The fraction of sp³-hybridized carbons (Fsp3) is 0.867. The maximum Gasteiger partial charge on any atom is 0.223 e. The smallest absolute Gasteiger partial charge is 0.223 e. The molecule has 2 heterocycles. The summed E-state index contributed by atoms with van der Waals surface area (Å²) in [5.41, 5.74) is 0.377. The molecule has 5 heteroatoms. The van der Waals surface area contributed by atoms with E-state index < -0.39 is 0 Å². The van der Waals surface area contributed by atoms with Gasteiger partial charge in [0.15, 0.2) is 5.82 Å². The molecule has 0 atom stereocenters. The van der Waals surface area contributed by atoms with Crippen LogP contribution in [-0.4, -0.2) is 46.8 Å². The van der Waals surface area contributed by atoms with E-state index in [4.69, 9.17) is 4.52 Å². The predicted molar refractivity (Wildman–Crippen MR) is 77.6 cm³/mol. The van der Waals surface area contributed by atoms with Crippen LogP contribution in [0.4, 0.5) is 0 Å². The topological polar surface area (TPSA) is 54.2 Å². The van der Waals surface area contributed by atoms with E-state index in [9.17, 15) is 0 Å². The first-order valence-corrected chi connectivity index (χ1v) is 8.02. The SMILES string of the molecule is Cc1nc(CCN2CCCNC3(CCCCC3)C2)no1. The Morgan fingerprint density at radius 3 is 2.85 bits per heavy atom. The van der Waals surface area contributed by atoms with Gasteiger partial charge in [0.2, 0.25) is 5.89 Å². The van der Waals surface area contributed by atoms with Gasteiger partial charge in [0.05, 0.1) is 0 Å². The van der Waals surface area contributed by atoms with Gasteiger partial charge in [-0.25, -0.2) is 0 Å². The molecule has 5 nitrogen and oxygen atoms in total. The van der Waals surface area contributed by atoms with E-state index in [1.165, 1.54) is 51.6 Å². The summed E-state index contributed by atoms with van der Waals surface area (Å²) in [6, 6.07) is 0. The van der Waals surface area contributed by atoms with Crippen molar-refractivity contribution in [2.24, 2.45) is 0 Å². The second-order valence-electron chi connectivity index (χ2n) is 6.38. The molecular formula is C15H26N4O. The molecule has 1 aliphatic heterocycles. The molecule has 0 unspecified atom stereocenters. The molecule has 1 aliphatic carbocycles. The van der Waals surface area contributed by atoms with E-state index in [1.807, 2.05) is 6.92 Å². The maximum atomic E-state index is 5.05. The molecule has 0 bridgehead atoms. The number of hydrogen-bond donors (Lipinski definition) is 1. The van der Waals surface area contributed by atoms with E-state index in [0.29, 0.717) is 11.4 Å². The number of hydrogen-bond acceptors (Lipinski definition) is 5. The normalized spacial score (nSPS) is 23.9. The van der Waals surface area contributed by atoms with Crippen LogP contribution in [0.5, 0.6) is 0 Å². The van der Waals surface area contributed by atoms with Gasteiger partial charge in [0, 0.05) is 32.0 Å². The summed E-state index contributed by atoms with van der Waals surface area (Å²) < 4.78 is 5.05. The minimum absolute atomic E-state index is 0.377. The number of aromatic nitrogens is 2. The van der Waals surface area contributed by atoms with Crippen LogP contribution in [-0.2, 0) is 6.42 Å². The van der Waals surface area contributed by atoms with Gasteiger partial charge in [-0.05, 0) is 32.4 Å². The highest BCUT2D eigenvalue weighted by Gasteiger charge is 2.34. The summed E-state index contributed by atoms with van der Waals surface area (Å²) in [6.45, 7) is 6.43. The molecule has 1 spiro atoms. The van der Waals surface area contributed by atoms with Gasteiger partial charge in [0.1, 0.15) is 0 Å². The van der Waals surface area contributed by atoms with E-state index in [-0.39, 0.29) is 0 Å². The predicted octanol–water partition coefficient (Wildman–Crippen LogP) is 1.92. The zero-order valence-corrected chi connectivity index (χ0v) is 12.5. The largest absolute Gasteiger partial charge is 0.340 e. The lowest BCUT2D eigenvalue weighted by molar-refractivity contribution is 0.164. The summed E-state index contributed by atoms with van der Waals surface area (Å²) in [6.07, 6.45) is 8.98. The fourth-order valence-electron chi connectivity index (χ4n) is 3.67. The van der Waals surface area contributed by atoms with Crippen molar-refractivity contribution < 1.29 is 4.52 Å². The average molecular weight is 278 g/mol. The molecule has 0 radical (unpaired) electrons. The van der Waals surface area contributed by atoms with Crippen LogP contribution in [0, 0.1) is 6.92 Å². The Morgan fingerprint density at radius 2 is 2.10 bits per heavy atom. The zero-order valence-electron chi connectivity index (χ0n) is 12.5. The first-order chi connectivity index (χ1) is 9.76. The van der Waals surface area contributed by atoms with Gasteiger partial charge in [-0.1, -0.05) is 24.4 Å². The Labute approximate surface area is 121 Å². The van der Waals surface area contributed by atoms with Crippen LogP contribution in [0.15, 0.2) is 4.52 Å². The Bertz CT molecular complexity index is 425. The number of rotatable bonds is 3. The molecule has 1 aromatic heterocycles. The molecular weight excluding hydrogens is 252 g/mol. The molecule has 112 valence electrons. The number of nitrogens with one attached hydrogen (secondary N) is 1. The molecule has 1 aromatic rings. The second-order valence-corrected chi connectivity index (χ2v) is 6.38. The quantitative estimate of drug-likeness (QED) is 0.915. The van der Waals surface area contributed by atoms with Crippen LogP contribution in [0.25, 0.3) is 0 Å². The van der Waals surface area contributed by atoms with E-state index in [1.54, 1.807) is 0 Å². The lowest BCUT2D eigenvalue weighted by Gasteiger charge is -2.40. The lowest BCUT2D eigenvalue weighted by Crippen LogP contribution is -2.52. The van der Waals surface area contributed by atoms with Crippen LogP contribution >= 0.6 is 0 Å². The van der Waals surface area contributed by atoms with E-state index in [0.717, 1.165) is 25.3 Å². The Balaban J connectivity index is 1.57. The van der Waals surface area contributed by atoms with Gasteiger partial charge in [-0.3, -0.25) is 0 Å². The molecule has 1 saturated heterocycles. The second kappa shape index (κ2) is 6.22. The maximum absolute atomic E-state index is 5.05. The Hall–Kier alpha value is -0.940. The third kappa shape index (κ3) is 3.38. The van der Waals surface area contributed by atoms with Crippen LogP contribution in [0.1, 0.15) is 50.2 Å². The first kappa shape index (κ1) is 14.0. The number of aryl methyl sites for hydroxylation is 1. The molecule has 0 aromatic carbocycles. The van der Waals surface area contributed by atoms with Crippen molar-refractivity contribution in [3.63, 3.8) is 0 Å². The molecule has 0 amide bonds. The van der Waals surface area contributed by atoms with Crippen LogP contribution < -0.4 is 5.32 Å². The van der Waals surface area contributed by atoms with Crippen molar-refractivity contribution in [2.75, 3.05) is 26.2 Å². The highest BCUT2D eigenvalue weighted by atomic mass is 16.5. The third-order valence-corrected chi connectivity index (χ3v) is 4.71. The van der Waals surface area contributed by atoms with Gasteiger partial charge in [-0.15, -0.1) is 0 Å². The highest BCUT2D eigenvalue weighted by Crippen LogP contribution is 2.30. The lowest BCUT2D eigenvalue weighted by atomic mass is 9.81. The first-order valence-electron chi connectivity index (χ1n) is 8.02. The zero-order chi connectivity index (χ0) is 13.8. The minimum atomic E-state index is 0.377. The molecule has 1 saturated carbocycles. The summed E-state index contributed by atoms with van der Waals surface area (Å²) >= 11 is 0. The molecule has 1 N–H and O–H groups in total. The molecule has 2 aliphatic rings. The van der Waals surface area contributed by atoms with Crippen molar-refractivity contribution in [3.05, 3.63) is 11.7 Å². The average Bonchev–Trinajstić information content (AvgIpc) is 2.77. The van der Waals surface area contributed by atoms with Crippen molar-refractivity contribution in [3.8, 4) is 0 Å². The monoisotopic (exact) mass is 278 g/mol. The van der Waals surface area contributed by atoms with Crippen LogP contribution in [0.3, 0.4) is 0 Å². The van der Waals surface area contributed by atoms with Gasteiger partial charge >= 0.3 is 0 Å². The van der Waals surface area contributed by atoms with Gasteiger partial charge < -0.3 is 14.7 Å². The van der Waals surface area contributed by atoms with Crippen LogP contribution in [0.2, 0.25) is 0 Å². The van der Waals surface area contributed by atoms with Crippen molar-refractivity contribution >= 4 is 0 Å². The Morgan fingerprint density at radius 1 is 1.25 bits per heavy atom. The third-order valence-electron chi connectivity index (χ3n) is 4.71. The summed E-state index contributed by atoms with van der Waals surface area (Å²) in [5, 5.41) is 7.84. The number of nitrogens with zero attached hydrogens (tertiary/aromatic N) is 3. The van der Waals surface area contributed by atoms with E-state index in [2.05, 4.69) is 20.4 Å². The van der Waals surface area contributed by atoms with Crippen molar-refractivity contribution in [1.82, 2.24) is 20.4 Å². The van der Waals surface area contributed by atoms with Crippen molar-refractivity contribution in [1.29, 1.82) is 0 Å². The standard InChI is InChI=1S/C15H26N4O/c1-13-17-14(18-20-13)6-11-19-10-5-9-16-15(12-19)7-3-2-4-8-15/h16H,2-12H2,1H3. The fourth-order valence-corrected chi connectivity index (χ4v) is 3.67. The molecule has 20 heavy (non-hydrogen) atoms. The molecule has 2 fully saturated rings. The van der Waals surface area contributed by atoms with Gasteiger partial charge in [-0.2, -0.15) is 4.98 Å². The van der Waals surface area contributed by atoms with Crippen molar-refractivity contribution in [2.45, 2.75) is 57.4 Å². The van der Waals surface area contributed by atoms with Gasteiger partial charge in [0.25, 0.3) is 0 Å². The summed E-state index contributed by atoms with van der Waals surface area (Å²) in [4.78, 5) is 6.90. The summed E-state index contributed by atoms with van der Waals surface area (Å²) in [5.74, 6) is 1.51. The molecule has 3 rings (SSSR count). The minimum Gasteiger partial charge on any atom is -0.340 e. The highest BCUT2D eigenvalue weighted by molar-refractivity contribution is 4.96. The Kier molecular flexibility index (Phi) is 4.36.